The first kappa shape index (κ1) is 16.5. The SMILES string of the molecule is Cc1c(C(=O)NCC2CCCN2)c(=O)[nH]c2ccccc12.Cl. The van der Waals surface area contributed by atoms with E-state index in [2.05, 4.69) is 15.6 Å². The molecule has 6 heteroatoms. The summed E-state index contributed by atoms with van der Waals surface area (Å²) in [5.41, 5.74) is 1.37. The minimum atomic E-state index is -0.330. The lowest BCUT2D eigenvalue weighted by Crippen LogP contribution is -2.39. The molecule has 2 aromatic rings. The minimum absolute atomic E-state index is 0. The molecule has 3 N–H and O–H groups in total. The Kier molecular flexibility index (Phi) is 5.21. The van der Waals surface area contributed by atoms with Crippen LogP contribution in [0.5, 0.6) is 0 Å². The number of aromatic nitrogens is 1. The van der Waals surface area contributed by atoms with Gasteiger partial charge in [0, 0.05) is 23.5 Å². The standard InChI is InChI=1S/C16H19N3O2.ClH/c1-10-12-6-2-3-7-13(12)19-16(21)14(10)15(20)18-9-11-5-4-8-17-11;/h2-3,6-7,11,17H,4-5,8-9H2,1H3,(H,18,20)(H,19,21);1H. The smallest absolute Gasteiger partial charge is 0.261 e. The van der Waals surface area contributed by atoms with Gasteiger partial charge in [0.2, 0.25) is 0 Å². The van der Waals surface area contributed by atoms with E-state index in [1.54, 1.807) is 0 Å². The second kappa shape index (κ2) is 6.94. The van der Waals surface area contributed by atoms with Crippen LogP contribution < -0.4 is 16.2 Å². The van der Waals surface area contributed by atoms with Gasteiger partial charge in [-0.2, -0.15) is 0 Å². The first-order chi connectivity index (χ1) is 10.2. The van der Waals surface area contributed by atoms with Crippen LogP contribution in [0.2, 0.25) is 0 Å². The van der Waals surface area contributed by atoms with Crippen LogP contribution in [0, 0.1) is 6.92 Å². The molecule has 1 aliphatic heterocycles. The van der Waals surface area contributed by atoms with Crippen molar-refractivity contribution in [3.05, 3.63) is 45.7 Å². The lowest BCUT2D eigenvalue weighted by Gasteiger charge is -2.13. The van der Waals surface area contributed by atoms with E-state index < -0.39 is 0 Å². The molecule has 0 bridgehead atoms. The summed E-state index contributed by atoms with van der Waals surface area (Å²) in [7, 11) is 0. The van der Waals surface area contributed by atoms with Crippen LogP contribution >= 0.6 is 12.4 Å². The zero-order chi connectivity index (χ0) is 14.8. The van der Waals surface area contributed by atoms with Gasteiger partial charge in [0.15, 0.2) is 0 Å². The molecule has 0 aliphatic carbocycles. The van der Waals surface area contributed by atoms with Crippen molar-refractivity contribution in [2.45, 2.75) is 25.8 Å². The number of rotatable bonds is 3. The molecule has 1 atom stereocenters. The molecule has 1 aromatic carbocycles. The van der Waals surface area contributed by atoms with Crippen LogP contribution in [0.3, 0.4) is 0 Å². The van der Waals surface area contributed by atoms with Crippen LogP contribution in [-0.4, -0.2) is 30.0 Å². The number of para-hydroxylation sites is 1. The quantitative estimate of drug-likeness (QED) is 0.806. The van der Waals surface area contributed by atoms with Gasteiger partial charge < -0.3 is 15.6 Å². The van der Waals surface area contributed by atoms with Gasteiger partial charge in [-0.15, -0.1) is 12.4 Å². The van der Waals surface area contributed by atoms with E-state index >= 15 is 0 Å². The number of fused-ring (bicyclic) bond motifs is 1. The van der Waals surface area contributed by atoms with Gasteiger partial charge in [0.05, 0.1) is 0 Å². The molecule has 2 heterocycles. The minimum Gasteiger partial charge on any atom is -0.350 e. The highest BCUT2D eigenvalue weighted by molar-refractivity contribution is 5.99. The third-order valence-corrected chi connectivity index (χ3v) is 4.08. The fourth-order valence-electron chi connectivity index (χ4n) is 2.92. The van der Waals surface area contributed by atoms with Crippen LogP contribution in [0.1, 0.15) is 28.8 Å². The van der Waals surface area contributed by atoms with Crippen molar-refractivity contribution in [2.75, 3.05) is 13.1 Å². The van der Waals surface area contributed by atoms with Crippen molar-refractivity contribution in [3.63, 3.8) is 0 Å². The Bertz CT molecular complexity index is 736. The van der Waals surface area contributed by atoms with Crippen molar-refractivity contribution in [1.82, 2.24) is 15.6 Å². The summed E-state index contributed by atoms with van der Waals surface area (Å²) in [5.74, 6) is -0.298. The van der Waals surface area contributed by atoms with Crippen LogP contribution in [0.15, 0.2) is 29.1 Å². The summed E-state index contributed by atoms with van der Waals surface area (Å²) in [6.07, 6.45) is 2.20. The van der Waals surface area contributed by atoms with Gasteiger partial charge in [0.25, 0.3) is 11.5 Å². The number of H-pyrrole nitrogens is 1. The van der Waals surface area contributed by atoms with Crippen LogP contribution in [0.25, 0.3) is 10.9 Å². The Morgan fingerprint density at radius 1 is 1.36 bits per heavy atom. The molecule has 0 spiro atoms. The third-order valence-electron chi connectivity index (χ3n) is 4.08. The summed E-state index contributed by atoms with van der Waals surface area (Å²) < 4.78 is 0. The predicted molar refractivity (Wildman–Crippen MR) is 89.9 cm³/mol. The van der Waals surface area contributed by atoms with Crippen LogP contribution in [-0.2, 0) is 0 Å². The number of amides is 1. The van der Waals surface area contributed by atoms with Gasteiger partial charge in [-0.25, -0.2) is 0 Å². The molecule has 3 rings (SSSR count). The molecule has 1 aliphatic rings. The van der Waals surface area contributed by atoms with E-state index in [0.29, 0.717) is 12.6 Å². The maximum atomic E-state index is 12.3. The number of nitrogens with one attached hydrogen (secondary N) is 3. The maximum Gasteiger partial charge on any atom is 0.261 e. The molecule has 0 radical (unpaired) electrons. The number of hydrogen-bond acceptors (Lipinski definition) is 3. The molecule has 1 unspecified atom stereocenters. The fraction of sp³-hybridized carbons (Fsp3) is 0.375. The average Bonchev–Trinajstić information content (AvgIpc) is 2.98. The monoisotopic (exact) mass is 321 g/mol. The predicted octanol–water partition coefficient (Wildman–Crippen LogP) is 1.74. The van der Waals surface area contributed by atoms with E-state index in [0.717, 1.165) is 35.9 Å². The lowest BCUT2D eigenvalue weighted by molar-refractivity contribution is 0.0948. The number of hydrogen-bond donors (Lipinski definition) is 3. The van der Waals surface area contributed by atoms with Crippen molar-refractivity contribution in [3.8, 4) is 0 Å². The number of aromatic amines is 1. The molecule has 1 fully saturated rings. The highest BCUT2D eigenvalue weighted by Gasteiger charge is 2.19. The summed E-state index contributed by atoms with van der Waals surface area (Å²) in [6.45, 7) is 3.38. The molecule has 0 saturated carbocycles. The molecule has 1 saturated heterocycles. The Morgan fingerprint density at radius 3 is 2.86 bits per heavy atom. The first-order valence-electron chi connectivity index (χ1n) is 7.30. The van der Waals surface area contributed by atoms with Crippen molar-refractivity contribution in [1.29, 1.82) is 0 Å². The average molecular weight is 322 g/mol. The zero-order valence-corrected chi connectivity index (χ0v) is 13.3. The summed E-state index contributed by atoms with van der Waals surface area (Å²) in [5, 5.41) is 7.09. The molecule has 22 heavy (non-hydrogen) atoms. The van der Waals surface area contributed by atoms with Crippen molar-refractivity contribution >= 4 is 29.2 Å². The first-order valence-corrected chi connectivity index (χ1v) is 7.30. The van der Waals surface area contributed by atoms with E-state index in [4.69, 9.17) is 0 Å². The van der Waals surface area contributed by atoms with E-state index in [1.807, 2.05) is 31.2 Å². The summed E-state index contributed by atoms with van der Waals surface area (Å²) in [4.78, 5) is 27.3. The molecule has 1 amide bonds. The second-order valence-electron chi connectivity index (χ2n) is 5.50. The van der Waals surface area contributed by atoms with Gasteiger partial charge in [-0.1, -0.05) is 18.2 Å². The second-order valence-corrected chi connectivity index (χ2v) is 5.50. The Labute approximate surface area is 134 Å². The Balaban J connectivity index is 0.00000176. The number of aryl methyl sites for hydroxylation is 1. The number of benzene rings is 1. The van der Waals surface area contributed by atoms with E-state index in [-0.39, 0.29) is 29.4 Å². The zero-order valence-electron chi connectivity index (χ0n) is 12.4. The number of carbonyl (C=O) groups is 1. The normalized spacial score (nSPS) is 17.2. The Morgan fingerprint density at radius 2 is 2.14 bits per heavy atom. The lowest BCUT2D eigenvalue weighted by atomic mass is 10.0. The van der Waals surface area contributed by atoms with E-state index in [1.165, 1.54) is 0 Å². The molecule has 1 aromatic heterocycles. The molecule has 5 nitrogen and oxygen atoms in total. The van der Waals surface area contributed by atoms with Gasteiger partial charge in [0.1, 0.15) is 5.56 Å². The largest absolute Gasteiger partial charge is 0.350 e. The number of carbonyl (C=O) groups excluding carboxylic acids is 1. The van der Waals surface area contributed by atoms with E-state index in [9.17, 15) is 9.59 Å². The Hall–Kier alpha value is -1.85. The highest BCUT2D eigenvalue weighted by atomic mass is 35.5. The van der Waals surface area contributed by atoms with Gasteiger partial charge >= 0.3 is 0 Å². The van der Waals surface area contributed by atoms with Crippen LogP contribution in [0.4, 0.5) is 0 Å². The van der Waals surface area contributed by atoms with Crippen molar-refractivity contribution in [2.24, 2.45) is 0 Å². The molecular weight excluding hydrogens is 302 g/mol. The highest BCUT2D eigenvalue weighted by Crippen LogP contribution is 2.16. The van der Waals surface area contributed by atoms with Gasteiger partial charge in [-0.3, -0.25) is 9.59 Å². The number of halogens is 1. The van der Waals surface area contributed by atoms with Gasteiger partial charge in [-0.05, 0) is 37.9 Å². The third kappa shape index (κ3) is 3.15. The number of pyridine rings is 1. The molecular formula is C16H20ClN3O2. The summed E-state index contributed by atoms with van der Waals surface area (Å²) >= 11 is 0. The van der Waals surface area contributed by atoms with Crippen molar-refractivity contribution < 1.29 is 4.79 Å². The maximum absolute atomic E-state index is 12.3. The summed E-state index contributed by atoms with van der Waals surface area (Å²) in [6, 6.07) is 7.83. The topological polar surface area (TPSA) is 74.0 Å². The molecule has 118 valence electrons. The fourth-order valence-corrected chi connectivity index (χ4v) is 2.92.